The van der Waals surface area contributed by atoms with Crippen molar-refractivity contribution in [2.45, 2.75) is 27.2 Å². The Labute approximate surface area is 159 Å². The van der Waals surface area contributed by atoms with Crippen LogP contribution in [-0.2, 0) is 6.42 Å². The quantitative estimate of drug-likeness (QED) is 0.756. The van der Waals surface area contributed by atoms with E-state index in [1.54, 1.807) is 6.07 Å². The second kappa shape index (κ2) is 6.83. The molecule has 0 aliphatic carbocycles. The van der Waals surface area contributed by atoms with Crippen LogP contribution >= 0.6 is 0 Å². The lowest BCUT2D eigenvalue weighted by molar-refractivity contribution is 0.102. The van der Waals surface area contributed by atoms with Gasteiger partial charge in [-0.25, -0.2) is 9.97 Å². The molecule has 3 aromatic rings. The van der Waals surface area contributed by atoms with Gasteiger partial charge in [-0.3, -0.25) is 4.79 Å². The van der Waals surface area contributed by atoms with Gasteiger partial charge in [0.2, 0.25) is 0 Å². The zero-order valence-corrected chi connectivity index (χ0v) is 15.8. The number of nitrogens with zero attached hydrogens (tertiary/aromatic N) is 3. The first-order valence-corrected chi connectivity index (χ1v) is 9.11. The van der Waals surface area contributed by atoms with Crippen molar-refractivity contribution in [1.82, 2.24) is 9.97 Å². The SMILES string of the molecule is Cc1nc(C(=O)Nc2cccc(C)c2C)cc(N2CCc3ccccc32)n1. The van der Waals surface area contributed by atoms with Crippen LogP contribution < -0.4 is 10.2 Å². The molecule has 5 nitrogen and oxygen atoms in total. The summed E-state index contributed by atoms with van der Waals surface area (Å²) in [6, 6.07) is 16.0. The molecule has 5 heteroatoms. The summed E-state index contributed by atoms with van der Waals surface area (Å²) in [5.41, 5.74) is 5.84. The number of carbonyl (C=O) groups excluding carboxylic acids is 1. The van der Waals surface area contributed by atoms with E-state index in [4.69, 9.17) is 0 Å². The van der Waals surface area contributed by atoms with Gasteiger partial charge in [-0.05, 0) is 56.0 Å². The summed E-state index contributed by atoms with van der Waals surface area (Å²) in [6.07, 6.45) is 0.975. The first-order valence-electron chi connectivity index (χ1n) is 9.11. The molecule has 2 aromatic carbocycles. The fraction of sp³-hybridized carbons (Fsp3) is 0.227. The van der Waals surface area contributed by atoms with Gasteiger partial charge in [0.1, 0.15) is 17.3 Å². The van der Waals surface area contributed by atoms with Crippen LogP contribution in [0.25, 0.3) is 0 Å². The second-order valence-electron chi connectivity index (χ2n) is 6.89. The molecule has 1 N–H and O–H groups in total. The molecule has 1 aromatic heterocycles. The highest BCUT2D eigenvalue weighted by atomic mass is 16.1. The number of hydrogen-bond donors (Lipinski definition) is 1. The zero-order valence-electron chi connectivity index (χ0n) is 15.8. The van der Waals surface area contributed by atoms with E-state index in [0.29, 0.717) is 11.5 Å². The Hall–Kier alpha value is -3.21. The summed E-state index contributed by atoms with van der Waals surface area (Å²) in [5, 5.41) is 2.98. The van der Waals surface area contributed by atoms with Crippen molar-refractivity contribution < 1.29 is 4.79 Å². The molecule has 0 fully saturated rings. The lowest BCUT2D eigenvalue weighted by atomic mass is 10.1. The molecule has 0 unspecified atom stereocenters. The summed E-state index contributed by atoms with van der Waals surface area (Å²) < 4.78 is 0. The predicted octanol–water partition coefficient (Wildman–Crippen LogP) is 4.35. The molecule has 1 amide bonds. The molecule has 0 saturated carbocycles. The second-order valence-corrected chi connectivity index (χ2v) is 6.89. The van der Waals surface area contributed by atoms with Crippen LogP contribution in [0.3, 0.4) is 0 Å². The fourth-order valence-electron chi connectivity index (χ4n) is 3.46. The largest absolute Gasteiger partial charge is 0.326 e. The van der Waals surface area contributed by atoms with Crippen molar-refractivity contribution >= 4 is 23.1 Å². The summed E-state index contributed by atoms with van der Waals surface area (Å²) in [4.78, 5) is 23.9. The minimum atomic E-state index is -0.220. The van der Waals surface area contributed by atoms with E-state index in [-0.39, 0.29) is 5.91 Å². The molecule has 1 aliphatic rings. The summed E-state index contributed by atoms with van der Waals surface area (Å²) in [5.74, 6) is 1.13. The number of benzene rings is 2. The van der Waals surface area contributed by atoms with Crippen molar-refractivity contribution in [2.75, 3.05) is 16.8 Å². The number of fused-ring (bicyclic) bond motifs is 1. The molecule has 4 rings (SSSR count). The number of hydrogen-bond acceptors (Lipinski definition) is 4. The lowest BCUT2D eigenvalue weighted by Gasteiger charge is -2.19. The number of rotatable bonds is 3. The predicted molar refractivity (Wildman–Crippen MR) is 108 cm³/mol. The molecule has 136 valence electrons. The Balaban J connectivity index is 1.65. The molecule has 0 radical (unpaired) electrons. The number of amides is 1. The third kappa shape index (κ3) is 3.28. The summed E-state index contributed by atoms with van der Waals surface area (Å²) in [6.45, 7) is 6.71. The lowest BCUT2D eigenvalue weighted by Crippen LogP contribution is -2.20. The molecular weight excluding hydrogens is 336 g/mol. The van der Waals surface area contributed by atoms with E-state index in [2.05, 4.69) is 38.4 Å². The van der Waals surface area contributed by atoms with Gasteiger partial charge in [0.05, 0.1) is 0 Å². The maximum Gasteiger partial charge on any atom is 0.274 e. The van der Waals surface area contributed by atoms with Gasteiger partial charge in [-0.15, -0.1) is 0 Å². The van der Waals surface area contributed by atoms with Crippen LogP contribution in [0.15, 0.2) is 48.5 Å². The highest BCUT2D eigenvalue weighted by Crippen LogP contribution is 2.33. The van der Waals surface area contributed by atoms with Gasteiger partial charge in [-0.1, -0.05) is 30.3 Å². The Morgan fingerprint density at radius 3 is 2.70 bits per heavy atom. The number of anilines is 3. The van der Waals surface area contributed by atoms with E-state index in [0.717, 1.165) is 41.3 Å². The average molecular weight is 358 g/mol. The Morgan fingerprint density at radius 1 is 1.04 bits per heavy atom. The topological polar surface area (TPSA) is 58.1 Å². The van der Waals surface area contributed by atoms with E-state index in [1.165, 1.54) is 5.56 Å². The number of para-hydroxylation sites is 1. The van der Waals surface area contributed by atoms with E-state index >= 15 is 0 Å². The molecule has 0 saturated heterocycles. The minimum absolute atomic E-state index is 0.220. The highest BCUT2D eigenvalue weighted by molar-refractivity contribution is 6.03. The maximum absolute atomic E-state index is 12.8. The van der Waals surface area contributed by atoms with Gasteiger partial charge in [0, 0.05) is 24.0 Å². The van der Waals surface area contributed by atoms with E-state index in [1.807, 2.05) is 45.0 Å². The molecule has 0 bridgehead atoms. The van der Waals surface area contributed by atoms with Gasteiger partial charge in [0.15, 0.2) is 0 Å². The van der Waals surface area contributed by atoms with Crippen LogP contribution in [0.5, 0.6) is 0 Å². The third-order valence-electron chi connectivity index (χ3n) is 5.07. The number of aryl methyl sites for hydroxylation is 2. The molecule has 1 aliphatic heterocycles. The van der Waals surface area contributed by atoms with E-state index < -0.39 is 0 Å². The van der Waals surface area contributed by atoms with Gasteiger partial charge in [0.25, 0.3) is 5.91 Å². The zero-order chi connectivity index (χ0) is 19.0. The maximum atomic E-state index is 12.8. The first-order chi connectivity index (χ1) is 13.0. The van der Waals surface area contributed by atoms with Crippen molar-refractivity contribution in [1.29, 1.82) is 0 Å². The molecule has 0 spiro atoms. The molecule has 2 heterocycles. The minimum Gasteiger partial charge on any atom is -0.326 e. The molecular formula is C22H22N4O. The standard InChI is InChI=1S/C22H22N4O/c1-14-7-6-9-18(15(14)2)25-22(27)19-13-21(24-16(3)23-19)26-12-11-17-8-4-5-10-20(17)26/h4-10,13H,11-12H2,1-3H3,(H,25,27). The normalized spacial score (nSPS) is 12.8. The van der Waals surface area contributed by atoms with Crippen molar-refractivity contribution in [3.8, 4) is 0 Å². The van der Waals surface area contributed by atoms with Crippen LogP contribution in [-0.4, -0.2) is 22.4 Å². The van der Waals surface area contributed by atoms with Crippen molar-refractivity contribution in [2.24, 2.45) is 0 Å². The van der Waals surface area contributed by atoms with Crippen molar-refractivity contribution in [3.63, 3.8) is 0 Å². The van der Waals surface area contributed by atoms with Crippen LogP contribution in [0.2, 0.25) is 0 Å². The number of aromatic nitrogens is 2. The van der Waals surface area contributed by atoms with E-state index in [9.17, 15) is 4.79 Å². The van der Waals surface area contributed by atoms with Gasteiger partial charge >= 0.3 is 0 Å². The highest BCUT2D eigenvalue weighted by Gasteiger charge is 2.22. The smallest absolute Gasteiger partial charge is 0.274 e. The summed E-state index contributed by atoms with van der Waals surface area (Å²) >= 11 is 0. The van der Waals surface area contributed by atoms with Crippen LogP contribution in [0, 0.1) is 20.8 Å². The fourth-order valence-corrected chi connectivity index (χ4v) is 3.46. The molecule has 0 atom stereocenters. The van der Waals surface area contributed by atoms with Crippen LogP contribution in [0.1, 0.15) is 33.0 Å². The Bertz CT molecular complexity index is 1030. The third-order valence-corrected chi connectivity index (χ3v) is 5.07. The average Bonchev–Trinajstić information content (AvgIpc) is 3.09. The monoisotopic (exact) mass is 358 g/mol. The van der Waals surface area contributed by atoms with Gasteiger partial charge < -0.3 is 10.2 Å². The summed E-state index contributed by atoms with van der Waals surface area (Å²) in [7, 11) is 0. The number of nitrogens with one attached hydrogen (secondary N) is 1. The Morgan fingerprint density at radius 2 is 1.85 bits per heavy atom. The Kier molecular flexibility index (Phi) is 4.36. The van der Waals surface area contributed by atoms with Gasteiger partial charge in [-0.2, -0.15) is 0 Å². The molecule has 27 heavy (non-hydrogen) atoms. The van der Waals surface area contributed by atoms with Crippen LogP contribution in [0.4, 0.5) is 17.2 Å². The number of carbonyl (C=O) groups is 1. The first kappa shape index (κ1) is 17.2. The van der Waals surface area contributed by atoms with Crippen molar-refractivity contribution in [3.05, 3.63) is 76.7 Å².